The van der Waals surface area contributed by atoms with Gasteiger partial charge >= 0.3 is 0 Å². The lowest BCUT2D eigenvalue weighted by Crippen LogP contribution is -2.43. The van der Waals surface area contributed by atoms with Crippen molar-refractivity contribution >= 4 is 12.1 Å². The minimum absolute atomic E-state index is 0.420. The third-order valence-corrected chi connectivity index (χ3v) is 1.83. The van der Waals surface area contributed by atoms with E-state index in [1.807, 2.05) is 6.92 Å². The van der Waals surface area contributed by atoms with E-state index in [-0.39, 0.29) is 0 Å². The average molecular weight is 156 g/mol. The monoisotopic (exact) mass is 156 g/mol. The van der Waals surface area contributed by atoms with E-state index in [4.69, 9.17) is 10.6 Å². The molecule has 4 heteroatoms. The highest BCUT2D eigenvalue weighted by Crippen LogP contribution is 2.25. The Balaban J connectivity index is 2.65. The summed E-state index contributed by atoms with van der Waals surface area (Å²) in [5, 5.41) is 3.55. The molecule has 0 saturated heterocycles. The third kappa shape index (κ3) is 1.34. The molecule has 1 atom stereocenters. The number of oxime groups is 1. The molecule has 1 heterocycles. The fraction of sp³-hybridized carbons (Fsp3) is 0.714. The largest absolute Gasteiger partial charge is 0.379 e. The van der Waals surface area contributed by atoms with Gasteiger partial charge in [0.15, 0.2) is 0 Å². The van der Waals surface area contributed by atoms with Gasteiger partial charge in [0.1, 0.15) is 0 Å². The van der Waals surface area contributed by atoms with Crippen LogP contribution in [0.25, 0.3) is 0 Å². The second-order valence-corrected chi connectivity index (χ2v) is 2.69. The molecule has 0 aliphatic carbocycles. The van der Waals surface area contributed by atoms with Crippen molar-refractivity contribution in [2.24, 2.45) is 10.9 Å². The van der Waals surface area contributed by atoms with Crippen molar-refractivity contribution in [1.82, 2.24) is 0 Å². The number of hydrogen-bond donors (Lipinski definition) is 1. The van der Waals surface area contributed by atoms with E-state index in [1.165, 1.54) is 0 Å². The topological polar surface area (TPSA) is 64.7 Å². The molecule has 1 amide bonds. The highest BCUT2D eigenvalue weighted by atomic mass is 16.7. The maximum absolute atomic E-state index is 10.9. The molecule has 0 saturated carbocycles. The van der Waals surface area contributed by atoms with E-state index in [2.05, 4.69) is 5.16 Å². The van der Waals surface area contributed by atoms with E-state index >= 15 is 0 Å². The van der Waals surface area contributed by atoms with Gasteiger partial charge in [0.05, 0.1) is 0 Å². The van der Waals surface area contributed by atoms with Gasteiger partial charge in [0, 0.05) is 12.6 Å². The molecule has 0 spiro atoms. The number of nitrogens with zero attached hydrogens (tertiary/aromatic N) is 1. The highest BCUT2D eigenvalue weighted by Gasteiger charge is 2.40. The summed E-state index contributed by atoms with van der Waals surface area (Å²) in [6, 6.07) is 0. The SMILES string of the molecule is CCCC1(C(N)=O)CC=NO1. The summed E-state index contributed by atoms with van der Waals surface area (Å²) in [7, 11) is 0. The molecule has 0 aromatic heterocycles. The van der Waals surface area contributed by atoms with Crippen molar-refractivity contribution in [3.05, 3.63) is 0 Å². The van der Waals surface area contributed by atoms with Crippen LogP contribution in [-0.4, -0.2) is 17.7 Å². The number of rotatable bonds is 3. The number of primary amides is 1. The summed E-state index contributed by atoms with van der Waals surface area (Å²) in [5.41, 5.74) is 4.34. The van der Waals surface area contributed by atoms with Gasteiger partial charge in [0.25, 0.3) is 5.91 Å². The highest BCUT2D eigenvalue weighted by molar-refractivity contribution is 5.87. The van der Waals surface area contributed by atoms with Crippen LogP contribution in [-0.2, 0) is 9.63 Å². The molecule has 0 aromatic carbocycles. The van der Waals surface area contributed by atoms with Gasteiger partial charge in [-0.15, -0.1) is 0 Å². The van der Waals surface area contributed by atoms with E-state index < -0.39 is 11.5 Å². The normalized spacial score (nSPS) is 28.5. The molecule has 62 valence electrons. The first-order valence-corrected chi connectivity index (χ1v) is 3.71. The molecular weight excluding hydrogens is 144 g/mol. The van der Waals surface area contributed by atoms with Crippen LogP contribution in [0.3, 0.4) is 0 Å². The Morgan fingerprint density at radius 3 is 3.00 bits per heavy atom. The molecule has 0 aromatic rings. The van der Waals surface area contributed by atoms with Crippen molar-refractivity contribution in [2.45, 2.75) is 31.8 Å². The van der Waals surface area contributed by atoms with Crippen LogP contribution in [0.5, 0.6) is 0 Å². The Morgan fingerprint density at radius 1 is 1.91 bits per heavy atom. The summed E-state index contributed by atoms with van der Waals surface area (Å²) in [6.07, 6.45) is 3.60. The molecule has 11 heavy (non-hydrogen) atoms. The van der Waals surface area contributed by atoms with Gasteiger partial charge < -0.3 is 10.6 Å². The fourth-order valence-electron chi connectivity index (χ4n) is 1.18. The lowest BCUT2D eigenvalue weighted by Gasteiger charge is -2.21. The predicted octanol–water partition coefficient (Wildman–Crippen LogP) is 0.417. The molecule has 1 rings (SSSR count). The predicted molar refractivity (Wildman–Crippen MR) is 41.0 cm³/mol. The van der Waals surface area contributed by atoms with Crippen LogP contribution in [0.2, 0.25) is 0 Å². The molecule has 0 bridgehead atoms. The summed E-state index contributed by atoms with van der Waals surface area (Å²) in [5.74, 6) is -0.420. The van der Waals surface area contributed by atoms with Gasteiger partial charge in [-0.25, -0.2) is 0 Å². The second-order valence-electron chi connectivity index (χ2n) is 2.69. The molecule has 1 aliphatic rings. The first-order valence-electron chi connectivity index (χ1n) is 3.71. The standard InChI is InChI=1S/C7H12N2O2/c1-2-3-7(6(8)10)4-5-9-11-7/h5H,2-4H2,1H3,(H2,8,10). The van der Waals surface area contributed by atoms with Crippen LogP contribution in [0, 0.1) is 0 Å². The van der Waals surface area contributed by atoms with Crippen LogP contribution < -0.4 is 5.73 Å². The van der Waals surface area contributed by atoms with Gasteiger partial charge in [0.2, 0.25) is 5.60 Å². The number of nitrogens with two attached hydrogens (primary N) is 1. The smallest absolute Gasteiger partial charge is 0.264 e. The van der Waals surface area contributed by atoms with Crippen LogP contribution in [0.4, 0.5) is 0 Å². The van der Waals surface area contributed by atoms with Gasteiger partial charge in [-0.1, -0.05) is 18.5 Å². The quantitative estimate of drug-likeness (QED) is 0.643. The molecule has 4 nitrogen and oxygen atoms in total. The molecule has 2 N–H and O–H groups in total. The van der Waals surface area contributed by atoms with Gasteiger partial charge in [-0.3, -0.25) is 4.79 Å². The lowest BCUT2D eigenvalue weighted by atomic mass is 9.94. The molecule has 1 aliphatic heterocycles. The Hall–Kier alpha value is -1.06. The number of amides is 1. The third-order valence-electron chi connectivity index (χ3n) is 1.83. The Morgan fingerprint density at radius 2 is 2.64 bits per heavy atom. The average Bonchev–Trinajstić information content (AvgIpc) is 2.38. The van der Waals surface area contributed by atoms with Crippen molar-refractivity contribution in [2.75, 3.05) is 0 Å². The van der Waals surface area contributed by atoms with Crippen molar-refractivity contribution in [3.8, 4) is 0 Å². The van der Waals surface area contributed by atoms with E-state index in [9.17, 15) is 4.79 Å². The minimum atomic E-state index is -0.839. The zero-order chi connectivity index (χ0) is 8.32. The Kier molecular flexibility index (Phi) is 2.12. The number of carbonyl (C=O) groups excluding carboxylic acids is 1. The molecule has 0 radical (unpaired) electrons. The van der Waals surface area contributed by atoms with Gasteiger partial charge in [-0.05, 0) is 6.42 Å². The first-order chi connectivity index (χ1) is 5.21. The summed E-state index contributed by atoms with van der Waals surface area (Å²) < 4.78 is 0. The van der Waals surface area contributed by atoms with E-state index in [0.29, 0.717) is 12.8 Å². The van der Waals surface area contributed by atoms with E-state index in [1.54, 1.807) is 6.21 Å². The zero-order valence-electron chi connectivity index (χ0n) is 6.54. The summed E-state index contributed by atoms with van der Waals surface area (Å²) in [4.78, 5) is 15.9. The maximum Gasteiger partial charge on any atom is 0.264 e. The van der Waals surface area contributed by atoms with Crippen molar-refractivity contribution in [3.63, 3.8) is 0 Å². The Bertz CT molecular complexity index is 181. The summed E-state index contributed by atoms with van der Waals surface area (Å²) in [6.45, 7) is 1.98. The maximum atomic E-state index is 10.9. The van der Waals surface area contributed by atoms with Crippen LogP contribution in [0.15, 0.2) is 5.16 Å². The molecule has 1 unspecified atom stereocenters. The first kappa shape index (κ1) is 8.04. The van der Waals surface area contributed by atoms with E-state index in [0.717, 1.165) is 6.42 Å². The molecular formula is C7H12N2O2. The van der Waals surface area contributed by atoms with Crippen molar-refractivity contribution in [1.29, 1.82) is 0 Å². The van der Waals surface area contributed by atoms with Crippen LogP contribution in [0.1, 0.15) is 26.2 Å². The fourth-order valence-corrected chi connectivity index (χ4v) is 1.18. The lowest BCUT2D eigenvalue weighted by molar-refractivity contribution is -0.141. The van der Waals surface area contributed by atoms with Crippen molar-refractivity contribution < 1.29 is 9.63 Å². The van der Waals surface area contributed by atoms with Gasteiger partial charge in [-0.2, -0.15) is 0 Å². The summed E-state index contributed by atoms with van der Waals surface area (Å²) >= 11 is 0. The number of carbonyl (C=O) groups is 1. The minimum Gasteiger partial charge on any atom is -0.379 e. The Labute approximate surface area is 65.4 Å². The number of hydrogen-bond acceptors (Lipinski definition) is 3. The zero-order valence-corrected chi connectivity index (χ0v) is 6.54. The molecule has 0 fully saturated rings. The van der Waals surface area contributed by atoms with Crippen LogP contribution >= 0.6 is 0 Å². The second kappa shape index (κ2) is 2.90.